The van der Waals surface area contributed by atoms with E-state index in [9.17, 15) is 14.7 Å². The minimum Gasteiger partial charge on any atom is -0.491 e. The number of ether oxygens (including phenoxy) is 2. The van der Waals surface area contributed by atoms with Crippen LogP contribution >= 0.6 is 11.6 Å². The molecule has 2 unspecified atom stereocenters. The van der Waals surface area contributed by atoms with E-state index >= 15 is 0 Å². The smallest absolute Gasteiger partial charge is 0.341 e. The largest absolute Gasteiger partial charge is 0.491 e. The summed E-state index contributed by atoms with van der Waals surface area (Å²) in [6.45, 7) is 5.05. The maximum Gasteiger partial charge on any atom is 0.341 e. The highest BCUT2D eigenvalue weighted by molar-refractivity contribution is 6.33. The molecule has 7 heteroatoms. The summed E-state index contributed by atoms with van der Waals surface area (Å²) < 4.78 is 12.6. The molecule has 0 bridgehead atoms. The van der Waals surface area contributed by atoms with Gasteiger partial charge in [0.15, 0.2) is 0 Å². The van der Waals surface area contributed by atoms with Crippen molar-refractivity contribution in [2.45, 2.75) is 32.2 Å². The van der Waals surface area contributed by atoms with Gasteiger partial charge < -0.3 is 19.1 Å². The molecular weight excluding hydrogens is 370 g/mol. The van der Waals surface area contributed by atoms with Crippen LogP contribution in [0.2, 0.25) is 5.02 Å². The number of nitrogens with zero attached hydrogens (tertiary/aromatic N) is 1. The van der Waals surface area contributed by atoms with Crippen molar-refractivity contribution in [3.8, 4) is 17.0 Å². The minimum atomic E-state index is -1.27. The predicted molar refractivity (Wildman–Crippen MR) is 103 cm³/mol. The maximum absolute atomic E-state index is 12.4. The van der Waals surface area contributed by atoms with Crippen LogP contribution in [-0.2, 0) is 4.74 Å². The first-order valence-electron chi connectivity index (χ1n) is 8.84. The van der Waals surface area contributed by atoms with Gasteiger partial charge in [0.2, 0.25) is 5.43 Å². The molecule has 27 heavy (non-hydrogen) atoms. The Balaban J connectivity index is 2.19. The van der Waals surface area contributed by atoms with Crippen LogP contribution in [0, 0.1) is 0 Å². The van der Waals surface area contributed by atoms with Crippen LogP contribution in [0.3, 0.4) is 0 Å². The molecule has 2 aromatic rings. The number of hydrogen-bond donors (Lipinski definition) is 1. The molecule has 1 aromatic carbocycles. The Kier molecular flexibility index (Phi) is 5.58. The Morgan fingerprint density at radius 2 is 2.07 bits per heavy atom. The number of carboxylic acid groups (broad SMARTS) is 1. The van der Waals surface area contributed by atoms with Crippen molar-refractivity contribution < 1.29 is 19.4 Å². The lowest BCUT2D eigenvalue weighted by molar-refractivity contribution is 0.0694. The third-order valence-electron chi connectivity index (χ3n) is 5.09. The summed E-state index contributed by atoms with van der Waals surface area (Å²) in [6.07, 6.45) is 2.18. The van der Waals surface area contributed by atoms with Crippen LogP contribution in [0.5, 0.6) is 5.75 Å². The summed E-state index contributed by atoms with van der Waals surface area (Å²) in [5, 5.41) is 9.29. The Morgan fingerprint density at radius 1 is 1.33 bits per heavy atom. The number of fused-ring (bicyclic) bond motifs is 3. The molecule has 0 radical (unpaired) electrons. The van der Waals surface area contributed by atoms with Crippen LogP contribution in [0.4, 0.5) is 0 Å². The topological polar surface area (TPSA) is 77.8 Å². The van der Waals surface area contributed by atoms with Gasteiger partial charge in [-0.3, -0.25) is 4.79 Å². The number of methoxy groups -OCH3 is 1. The molecule has 0 fully saturated rings. The third kappa shape index (κ3) is 3.35. The number of benzene rings is 1. The van der Waals surface area contributed by atoms with Crippen molar-refractivity contribution >= 4 is 17.6 Å². The highest BCUT2D eigenvalue weighted by Gasteiger charge is 2.33. The van der Waals surface area contributed by atoms with Gasteiger partial charge in [0.05, 0.1) is 12.3 Å². The number of aromatic carboxylic acids is 1. The zero-order valence-electron chi connectivity index (χ0n) is 15.5. The Labute approximate surface area is 162 Å². The molecule has 0 saturated heterocycles. The van der Waals surface area contributed by atoms with E-state index in [-0.39, 0.29) is 22.5 Å². The quantitative estimate of drug-likeness (QED) is 0.754. The standard InChI is InChI=1S/C20H22ClNO5/c1-4-16-11(2)14-9-12(27-8-7-26-3)5-6-13(14)18-17(21)19(23)15(20(24)25)10-22(16)18/h5-6,9-11,16H,4,7-8H2,1-3H3,(H,24,25). The second-order valence-corrected chi connectivity index (χ2v) is 6.98. The van der Waals surface area contributed by atoms with Crippen LogP contribution < -0.4 is 10.2 Å². The number of hydrogen-bond acceptors (Lipinski definition) is 4. The van der Waals surface area contributed by atoms with Gasteiger partial charge >= 0.3 is 5.97 Å². The van der Waals surface area contributed by atoms with Crippen molar-refractivity contribution in [3.63, 3.8) is 0 Å². The molecule has 0 amide bonds. The van der Waals surface area contributed by atoms with E-state index < -0.39 is 11.4 Å². The van der Waals surface area contributed by atoms with E-state index in [0.717, 1.165) is 23.3 Å². The Morgan fingerprint density at radius 3 is 2.70 bits per heavy atom. The van der Waals surface area contributed by atoms with Crippen molar-refractivity contribution in [2.24, 2.45) is 0 Å². The van der Waals surface area contributed by atoms with Crippen molar-refractivity contribution in [1.29, 1.82) is 0 Å². The van der Waals surface area contributed by atoms with Gasteiger partial charge in [-0.2, -0.15) is 0 Å². The number of pyridine rings is 1. The number of rotatable bonds is 6. The lowest BCUT2D eigenvalue weighted by atomic mass is 9.82. The molecule has 1 aliphatic rings. The first kappa shape index (κ1) is 19.5. The van der Waals surface area contributed by atoms with Gasteiger partial charge in [0.25, 0.3) is 0 Å². The molecule has 0 spiro atoms. The maximum atomic E-state index is 12.4. The average molecular weight is 392 g/mol. The normalized spacial score (nSPS) is 17.9. The fourth-order valence-corrected chi connectivity index (χ4v) is 4.04. The summed E-state index contributed by atoms with van der Waals surface area (Å²) in [5.74, 6) is -0.447. The monoisotopic (exact) mass is 391 g/mol. The first-order valence-corrected chi connectivity index (χ1v) is 9.22. The molecular formula is C20H22ClNO5. The van der Waals surface area contributed by atoms with E-state index in [4.69, 9.17) is 21.1 Å². The fourth-order valence-electron chi connectivity index (χ4n) is 3.74. The molecule has 3 rings (SSSR count). The lowest BCUT2D eigenvalue weighted by Crippen LogP contribution is -2.28. The SMILES string of the molecule is CCC1C(C)c2cc(OCCOC)ccc2-c2c(Cl)c(=O)c(C(=O)O)cn21. The van der Waals surface area contributed by atoms with Gasteiger partial charge in [-0.25, -0.2) is 4.79 Å². The summed E-state index contributed by atoms with van der Waals surface area (Å²) >= 11 is 6.36. The zero-order valence-corrected chi connectivity index (χ0v) is 16.2. The zero-order chi connectivity index (χ0) is 19.7. The van der Waals surface area contributed by atoms with Crippen LogP contribution in [-0.4, -0.2) is 36.0 Å². The number of carbonyl (C=O) groups is 1. The van der Waals surface area contributed by atoms with Crippen molar-refractivity contribution in [2.75, 3.05) is 20.3 Å². The molecule has 0 aliphatic carbocycles. The Bertz CT molecular complexity index is 937. The van der Waals surface area contributed by atoms with E-state index in [1.54, 1.807) is 7.11 Å². The van der Waals surface area contributed by atoms with Crippen molar-refractivity contribution in [3.05, 3.63) is 50.8 Å². The Hall–Kier alpha value is -2.31. The van der Waals surface area contributed by atoms with Gasteiger partial charge in [-0.15, -0.1) is 0 Å². The van der Waals surface area contributed by atoms with Gasteiger partial charge in [-0.05, 0) is 30.2 Å². The summed E-state index contributed by atoms with van der Waals surface area (Å²) in [5.41, 5.74) is 1.45. The molecule has 1 aromatic heterocycles. The molecule has 0 saturated carbocycles. The molecule has 1 aliphatic heterocycles. The summed E-state index contributed by atoms with van der Waals surface area (Å²) in [6, 6.07) is 5.65. The van der Waals surface area contributed by atoms with E-state index in [1.165, 1.54) is 6.20 Å². The van der Waals surface area contributed by atoms with Crippen LogP contribution in [0.15, 0.2) is 29.2 Å². The predicted octanol–water partition coefficient (Wildman–Crippen LogP) is 3.96. The molecule has 6 nitrogen and oxygen atoms in total. The van der Waals surface area contributed by atoms with Gasteiger partial charge in [-0.1, -0.05) is 25.4 Å². The second-order valence-electron chi connectivity index (χ2n) is 6.60. The molecule has 144 valence electrons. The lowest BCUT2D eigenvalue weighted by Gasteiger charge is -2.36. The third-order valence-corrected chi connectivity index (χ3v) is 5.44. The van der Waals surface area contributed by atoms with E-state index in [0.29, 0.717) is 18.9 Å². The average Bonchev–Trinajstić information content (AvgIpc) is 2.65. The second kappa shape index (κ2) is 7.74. The first-order chi connectivity index (χ1) is 12.9. The summed E-state index contributed by atoms with van der Waals surface area (Å²) in [7, 11) is 1.62. The number of halogens is 1. The summed E-state index contributed by atoms with van der Waals surface area (Å²) in [4.78, 5) is 23.9. The minimum absolute atomic E-state index is 0.0158. The highest BCUT2D eigenvalue weighted by Crippen LogP contribution is 2.46. The van der Waals surface area contributed by atoms with Crippen LogP contribution in [0.25, 0.3) is 11.3 Å². The van der Waals surface area contributed by atoms with Crippen LogP contribution in [0.1, 0.15) is 48.1 Å². The van der Waals surface area contributed by atoms with Gasteiger partial charge in [0, 0.05) is 30.8 Å². The number of aromatic nitrogens is 1. The molecule has 2 atom stereocenters. The number of carboxylic acids is 1. The van der Waals surface area contributed by atoms with Crippen molar-refractivity contribution in [1.82, 2.24) is 4.57 Å². The fraction of sp³-hybridized carbons (Fsp3) is 0.400. The van der Waals surface area contributed by atoms with E-state index in [1.807, 2.05) is 29.7 Å². The van der Waals surface area contributed by atoms with Gasteiger partial charge in [0.1, 0.15) is 22.9 Å². The molecule has 1 N–H and O–H groups in total. The highest BCUT2D eigenvalue weighted by atomic mass is 35.5. The van der Waals surface area contributed by atoms with E-state index in [2.05, 4.69) is 6.92 Å². The molecule has 2 heterocycles.